The fraction of sp³-hybridized carbons (Fsp3) is 0.600. The summed E-state index contributed by atoms with van der Waals surface area (Å²) in [7, 11) is 3.12. The molecule has 144 valence electrons. The first-order valence-corrected chi connectivity index (χ1v) is 9.25. The number of rotatable bonds is 7. The Kier molecular flexibility index (Phi) is 7.30. The van der Waals surface area contributed by atoms with Gasteiger partial charge in [0.05, 0.1) is 14.2 Å². The monoisotopic (exact) mass is 362 g/mol. The second-order valence-corrected chi connectivity index (χ2v) is 7.11. The Morgan fingerprint density at radius 1 is 1.15 bits per heavy atom. The van der Waals surface area contributed by atoms with Crippen molar-refractivity contribution in [2.24, 2.45) is 11.8 Å². The molecule has 1 heterocycles. The Balaban J connectivity index is 1.89. The van der Waals surface area contributed by atoms with Crippen LogP contribution in [0.5, 0.6) is 11.5 Å². The van der Waals surface area contributed by atoms with E-state index in [-0.39, 0.29) is 17.7 Å². The maximum atomic E-state index is 12.7. The van der Waals surface area contributed by atoms with Crippen LogP contribution in [-0.2, 0) is 4.79 Å². The van der Waals surface area contributed by atoms with Gasteiger partial charge >= 0.3 is 0 Å². The van der Waals surface area contributed by atoms with Gasteiger partial charge in [-0.3, -0.25) is 9.59 Å². The number of likely N-dealkylation sites (tertiary alicyclic amines) is 1. The molecular formula is C20H30N2O4. The highest BCUT2D eigenvalue weighted by Crippen LogP contribution is 2.28. The van der Waals surface area contributed by atoms with Crippen LogP contribution in [0, 0.1) is 11.8 Å². The molecule has 1 N–H and O–H groups in total. The van der Waals surface area contributed by atoms with Gasteiger partial charge in [-0.25, -0.2) is 0 Å². The molecular weight excluding hydrogens is 332 g/mol. The molecule has 1 fully saturated rings. The van der Waals surface area contributed by atoms with Crippen molar-refractivity contribution in [3.8, 4) is 11.5 Å². The SMILES string of the molecule is COc1ccc(C(=O)N2CCC(C(=O)NCCC(C)C)CC2)cc1OC. The Hall–Kier alpha value is -2.24. The summed E-state index contributed by atoms with van der Waals surface area (Å²) in [4.78, 5) is 26.8. The van der Waals surface area contributed by atoms with E-state index in [1.54, 1.807) is 37.3 Å². The van der Waals surface area contributed by atoms with Crippen molar-refractivity contribution in [3.05, 3.63) is 23.8 Å². The average molecular weight is 362 g/mol. The van der Waals surface area contributed by atoms with Crippen LogP contribution in [0.1, 0.15) is 43.5 Å². The van der Waals surface area contributed by atoms with Crippen LogP contribution in [0.2, 0.25) is 0 Å². The van der Waals surface area contributed by atoms with Crippen molar-refractivity contribution in [3.63, 3.8) is 0 Å². The normalized spacial score (nSPS) is 15.0. The minimum Gasteiger partial charge on any atom is -0.493 e. The zero-order valence-electron chi connectivity index (χ0n) is 16.2. The van der Waals surface area contributed by atoms with Crippen molar-refractivity contribution in [2.75, 3.05) is 33.9 Å². The number of carbonyl (C=O) groups is 2. The van der Waals surface area contributed by atoms with Gasteiger partial charge in [-0.15, -0.1) is 0 Å². The Morgan fingerprint density at radius 2 is 1.81 bits per heavy atom. The van der Waals surface area contributed by atoms with E-state index < -0.39 is 0 Å². The number of benzene rings is 1. The minimum atomic E-state index is -0.0374. The van der Waals surface area contributed by atoms with Crippen molar-refractivity contribution in [2.45, 2.75) is 33.1 Å². The largest absolute Gasteiger partial charge is 0.493 e. The number of ether oxygens (including phenoxy) is 2. The lowest BCUT2D eigenvalue weighted by molar-refractivity contribution is -0.126. The van der Waals surface area contributed by atoms with Crippen LogP contribution in [-0.4, -0.2) is 50.6 Å². The molecule has 0 unspecified atom stereocenters. The lowest BCUT2D eigenvalue weighted by Crippen LogP contribution is -2.43. The van der Waals surface area contributed by atoms with Crippen LogP contribution < -0.4 is 14.8 Å². The summed E-state index contributed by atoms with van der Waals surface area (Å²) in [5.74, 6) is 1.79. The van der Waals surface area contributed by atoms with Crippen molar-refractivity contribution >= 4 is 11.8 Å². The van der Waals surface area contributed by atoms with E-state index in [1.807, 2.05) is 0 Å². The summed E-state index contributed by atoms with van der Waals surface area (Å²) < 4.78 is 10.5. The molecule has 2 rings (SSSR count). The highest BCUT2D eigenvalue weighted by Gasteiger charge is 2.28. The fourth-order valence-electron chi connectivity index (χ4n) is 3.12. The van der Waals surface area contributed by atoms with E-state index in [4.69, 9.17) is 9.47 Å². The number of nitrogens with one attached hydrogen (secondary N) is 1. The van der Waals surface area contributed by atoms with Crippen LogP contribution in [0.4, 0.5) is 0 Å². The zero-order valence-corrected chi connectivity index (χ0v) is 16.2. The average Bonchev–Trinajstić information content (AvgIpc) is 2.66. The summed E-state index contributed by atoms with van der Waals surface area (Å²) in [5, 5.41) is 3.01. The molecule has 1 aliphatic rings. The molecule has 1 aromatic carbocycles. The highest BCUT2D eigenvalue weighted by atomic mass is 16.5. The first-order valence-electron chi connectivity index (χ1n) is 9.25. The number of nitrogens with zero attached hydrogens (tertiary/aromatic N) is 1. The molecule has 0 radical (unpaired) electrons. The van der Waals surface area contributed by atoms with Gasteiger partial charge in [0.25, 0.3) is 5.91 Å². The van der Waals surface area contributed by atoms with Crippen molar-refractivity contribution in [1.82, 2.24) is 10.2 Å². The fourth-order valence-corrected chi connectivity index (χ4v) is 3.12. The predicted octanol–water partition coefficient (Wildman–Crippen LogP) is 2.72. The summed E-state index contributed by atoms with van der Waals surface area (Å²) in [6, 6.07) is 5.18. The quantitative estimate of drug-likeness (QED) is 0.810. The summed E-state index contributed by atoms with van der Waals surface area (Å²) in [5.41, 5.74) is 0.572. The Morgan fingerprint density at radius 3 is 2.38 bits per heavy atom. The molecule has 0 spiro atoms. The summed E-state index contributed by atoms with van der Waals surface area (Å²) >= 11 is 0. The highest BCUT2D eigenvalue weighted by molar-refractivity contribution is 5.95. The van der Waals surface area contributed by atoms with Crippen molar-refractivity contribution in [1.29, 1.82) is 0 Å². The smallest absolute Gasteiger partial charge is 0.253 e. The second-order valence-electron chi connectivity index (χ2n) is 7.11. The Bertz CT molecular complexity index is 622. The summed E-state index contributed by atoms with van der Waals surface area (Å²) in [6.45, 7) is 6.20. The molecule has 1 aliphatic heterocycles. The molecule has 0 aliphatic carbocycles. The number of hydrogen-bond acceptors (Lipinski definition) is 4. The van der Waals surface area contributed by atoms with Gasteiger partial charge in [0.1, 0.15) is 0 Å². The molecule has 0 saturated carbocycles. The molecule has 0 aromatic heterocycles. The first-order chi connectivity index (χ1) is 12.5. The van der Waals surface area contributed by atoms with Crippen LogP contribution in [0.25, 0.3) is 0 Å². The molecule has 1 aromatic rings. The third-order valence-corrected chi connectivity index (χ3v) is 4.80. The van der Waals surface area contributed by atoms with E-state index in [0.29, 0.717) is 48.9 Å². The molecule has 0 atom stereocenters. The number of methoxy groups -OCH3 is 2. The zero-order chi connectivity index (χ0) is 19.1. The van der Waals surface area contributed by atoms with Gasteiger partial charge in [-0.05, 0) is 43.4 Å². The molecule has 6 nitrogen and oxygen atoms in total. The number of hydrogen-bond donors (Lipinski definition) is 1. The Labute approximate surface area is 155 Å². The van der Waals surface area contributed by atoms with Crippen molar-refractivity contribution < 1.29 is 19.1 Å². The van der Waals surface area contributed by atoms with E-state index in [2.05, 4.69) is 19.2 Å². The van der Waals surface area contributed by atoms with E-state index in [0.717, 1.165) is 13.0 Å². The van der Waals surface area contributed by atoms with Gasteiger partial charge in [-0.1, -0.05) is 13.8 Å². The minimum absolute atomic E-state index is 0.00313. The number of piperidine rings is 1. The van der Waals surface area contributed by atoms with Crippen LogP contribution in [0.15, 0.2) is 18.2 Å². The molecule has 0 bridgehead atoms. The summed E-state index contributed by atoms with van der Waals surface area (Å²) in [6.07, 6.45) is 2.39. The first kappa shape index (κ1) is 20.1. The topological polar surface area (TPSA) is 67.9 Å². The maximum absolute atomic E-state index is 12.7. The van der Waals surface area contributed by atoms with Gasteiger partial charge in [-0.2, -0.15) is 0 Å². The van der Waals surface area contributed by atoms with E-state index in [1.165, 1.54) is 0 Å². The maximum Gasteiger partial charge on any atom is 0.253 e. The molecule has 26 heavy (non-hydrogen) atoms. The van der Waals surface area contributed by atoms with Gasteiger partial charge < -0.3 is 19.7 Å². The third-order valence-electron chi connectivity index (χ3n) is 4.80. The molecule has 2 amide bonds. The van der Waals surface area contributed by atoms with Gasteiger partial charge in [0.2, 0.25) is 5.91 Å². The second kappa shape index (κ2) is 9.46. The van der Waals surface area contributed by atoms with Gasteiger partial charge in [0.15, 0.2) is 11.5 Å². The van der Waals surface area contributed by atoms with Crippen LogP contribution >= 0.6 is 0 Å². The number of amides is 2. The molecule has 6 heteroatoms. The number of carbonyl (C=O) groups excluding carboxylic acids is 2. The van der Waals surface area contributed by atoms with E-state index >= 15 is 0 Å². The van der Waals surface area contributed by atoms with Crippen LogP contribution in [0.3, 0.4) is 0 Å². The van der Waals surface area contributed by atoms with E-state index in [9.17, 15) is 9.59 Å². The lowest BCUT2D eigenvalue weighted by Gasteiger charge is -2.31. The predicted molar refractivity (Wildman–Crippen MR) is 101 cm³/mol. The lowest BCUT2D eigenvalue weighted by atomic mass is 9.95. The molecule has 1 saturated heterocycles. The standard InChI is InChI=1S/C20H30N2O4/c1-14(2)7-10-21-19(23)15-8-11-22(12-9-15)20(24)16-5-6-17(25-3)18(13-16)26-4/h5-6,13-15H,7-12H2,1-4H3,(H,21,23). The van der Waals surface area contributed by atoms with Gasteiger partial charge in [0, 0.05) is 31.1 Å². The third kappa shape index (κ3) is 5.13.